The molecule has 3 aliphatic heterocycles. The molecule has 53 heavy (non-hydrogen) atoms. The normalized spacial score (nSPS) is 26.7. The van der Waals surface area contributed by atoms with Crippen molar-refractivity contribution in [3.05, 3.63) is 95.8 Å². The average Bonchev–Trinajstić information content (AvgIpc) is 3.51. The number of anilines is 1. The third-order valence-corrected chi connectivity index (χ3v) is 16.5. The number of hydroxylamine groups is 1. The van der Waals surface area contributed by atoms with E-state index in [9.17, 15) is 14.7 Å². The maximum absolute atomic E-state index is 13.5. The highest BCUT2D eigenvalue weighted by molar-refractivity contribution is 7.75. The fraction of sp³-hybridized carbons (Fsp3) is 0.341. The molecule has 3 saturated heterocycles. The minimum Gasteiger partial charge on any atom is -0.476 e. The summed E-state index contributed by atoms with van der Waals surface area (Å²) in [7, 11) is 0.675. The van der Waals surface area contributed by atoms with Crippen molar-refractivity contribution in [2.75, 3.05) is 44.1 Å². The Bertz CT molecular complexity index is 2320. The number of amides is 1. The molecule has 12 heteroatoms. The van der Waals surface area contributed by atoms with Gasteiger partial charge in [0.25, 0.3) is 5.91 Å². The monoisotopic (exact) mass is 747 g/mol. The molecule has 2 aromatic heterocycles. The third kappa shape index (κ3) is 6.54. The fourth-order valence-electron chi connectivity index (χ4n) is 10.5. The van der Waals surface area contributed by atoms with Crippen molar-refractivity contribution in [2.24, 2.45) is 21.6 Å². The van der Waals surface area contributed by atoms with Crippen molar-refractivity contribution in [3.63, 3.8) is 0 Å². The Balaban J connectivity index is 1.08. The van der Waals surface area contributed by atoms with Gasteiger partial charge in [-0.05, 0) is 73.4 Å². The second-order valence-corrected chi connectivity index (χ2v) is 21.2. The number of nitrogens with zero attached hydrogens (tertiary/aromatic N) is 3. The molecule has 5 N–H and O–H groups in total. The summed E-state index contributed by atoms with van der Waals surface area (Å²) < 4.78 is 0.988. The molecule has 4 unspecified atom stereocenters. The van der Waals surface area contributed by atoms with Crippen LogP contribution in [0.25, 0.3) is 37.8 Å². The predicted octanol–water partition coefficient (Wildman–Crippen LogP) is 7.96. The van der Waals surface area contributed by atoms with Gasteiger partial charge in [0.15, 0.2) is 10.8 Å². The van der Waals surface area contributed by atoms with Crippen molar-refractivity contribution in [3.8, 4) is 11.3 Å². The lowest BCUT2D eigenvalue weighted by Gasteiger charge is -2.64. The standard InChI is InChI=1S/C41H43N6O4PS/c1-25(44-21-40-18-39(2)19-41(20-40,51-43-3)24-52(4,22-39)23-40)31(17-42)28-14-15-32(45-35(28)37(49)50)27-13-12-26-8-7-9-29(30(26)16-27)36(48)47-38-46-33-10-5-6-11-34(33)53-38/h5-17,43H,18-24H2,1-4H3,(H3-,42,44,46,47,48,49,50)/p+1. The molecule has 4 aliphatic rings. The van der Waals surface area contributed by atoms with Crippen LogP contribution in [0.1, 0.15) is 59.5 Å². The van der Waals surface area contributed by atoms with Crippen LogP contribution in [-0.2, 0) is 4.84 Å². The summed E-state index contributed by atoms with van der Waals surface area (Å²) in [6.07, 6.45) is 8.28. The van der Waals surface area contributed by atoms with E-state index in [1.54, 1.807) is 18.2 Å². The van der Waals surface area contributed by atoms with Gasteiger partial charge < -0.3 is 10.8 Å². The molecule has 5 aromatic rings. The van der Waals surface area contributed by atoms with Gasteiger partial charge in [0.05, 0.1) is 34.4 Å². The molecule has 4 fully saturated rings. The van der Waals surface area contributed by atoms with Gasteiger partial charge in [0.2, 0.25) is 0 Å². The number of para-hydroxylation sites is 1. The molecule has 1 saturated carbocycles. The number of carboxylic acid groups (broad SMARTS) is 1. The lowest BCUT2D eigenvalue weighted by Crippen LogP contribution is -2.65. The number of nitrogens with one attached hydrogen (secondary N) is 2. The van der Waals surface area contributed by atoms with Gasteiger partial charge >= 0.3 is 5.97 Å². The summed E-state index contributed by atoms with van der Waals surface area (Å²) in [6, 6.07) is 22.5. The van der Waals surface area contributed by atoms with Crippen LogP contribution in [0.15, 0.2) is 84.0 Å². The van der Waals surface area contributed by atoms with Gasteiger partial charge in [-0.2, -0.15) is 0 Å². The number of benzene rings is 3. The minimum atomic E-state index is -1.18. The first-order valence-electron chi connectivity index (χ1n) is 17.9. The number of aromatic nitrogens is 2. The van der Waals surface area contributed by atoms with Gasteiger partial charge in [-0.25, -0.2) is 20.2 Å². The number of allylic oxidation sites excluding steroid dienone is 1. The quantitative estimate of drug-likeness (QED) is 0.0638. The average molecular weight is 748 g/mol. The van der Waals surface area contributed by atoms with Gasteiger partial charge in [-0.1, -0.05) is 54.7 Å². The number of pyridine rings is 1. The van der Waals surface area contributed by atoms with Gasteiger partial charge in [-0.15, -0.1) is 0 Å². The van der Waals surface area contributed by atoms with Gasteiger partial charge in [-0.3, -0.25) is 19.9 Å². The number of aromatic carboxylic acids is 1. The smallest absolute Gasteiger partial charge is 0.355 e. The lowest BCUT2D eigenvalue weighted by molar-refractivity contribution is -0.163. The van der Waals surface area contributed by atoms with E-state index in [0.29, 0.717) is 50.7 Å². The van der Waals surface area contributed by atoms with E-state index in [1.807, 2.05) is 68.6 Å². The van der Waals surface area contributed by atoms with Gasteiger partial charge in [0, 0.05) is 72.5 Å². The first-order chi connectivity index (χ1) is 25.3. The number of fused-ring (bicyclic) bond motifs is 2. The number of carbonyl (C=O) groups excluding carboxylic acids is 1. The molecule has 10 nitrogen and oxygen atoms in total. The van der Waals surface area contributed by atoms with Crippen molar-refractivity contribution in [1.82, 2.24) is 15.4 Å². The Labute approximate surface area is 313 Å². The maximum Gasteiger partial charge on any atom is 0.355 e. The van der Waals surface area contributed by atoms with E-state index in [1.165, 1.54) is 29.9 Å². The topological polar surface area (TPSA) is 152 Å². The largest absolute Gasteiger partial charge is 0.476 e. The first-order valence-corrected chi connectivity index (χ1v) is 21.5. The zero-order chi connectivity index (χ0) is 37.2. The van der Waals surface area contributed by atoms with Crippen LogP contribution in [0, 0.1) is 10.8 Å². The van der Waals surface area contributed by atoms with Crippen LogP contribution in [-0.4, -0.2) is 77.0 Å². The number of thiazole rings is 1. The molecule has 1 aliphatic carbocycles. The van der Waals surface area contributed by atoms with Crippen molar-refractivity contribution < 1.29 is 19.5 Å². The summed E-state index contributed by atoms with van der Waals surface area (Å²) >= 11 is 1.42. The Morgan fingerprint density at radius 1 is 1.02 bits per heavy atom. The summed E-state index contributed by atoms with van der Waals surface area (Å²) in [5.41, 5.74) is 13.4. The molecule has 1 amide bonds. The highest BCUT2D eigenvalue weighted by Gasteiger charge is 2.70. The summed E-state index contributed by atoms with van der Waals surface area (Å²) in [4.78, 5) is 47.0. The Kier molecular flexibility index (Phi) is 8.77. The first kappa shape index (κ1) is 35.5. The lowest BCUT2D eigenvalue weighted by atomic mass is 9.58. The van der Waals surface area contributed by atoms with Crippen LogP contribution in [0.4, 0.5) is 5.13 Å². The van der Waals surface area contributed by atoms with Crippen LogP contribution in [0.3, 0.4) is 0 Å². The van der Waals surface area contributed by atoms with Crippen LogP contribution >= 0.6 is 18.6 Å². The van der Waals surface area contributed by atoms with E-state index in [-0.39, 0.29) is 28.0 Å². The van der Waals surface area contributed by atoms with Gasteiger partial charge in [0.1, 0.15) is 5.60 Å². The SMILES string of the molecule is CNOC12CC3(C)CC(CN=C(C)C(=CN)c4ccc(-c5ccc6cccc(C(=O)Nc7nc8ccccc8s7)c6c5)nc4C(=O)O)(C1)C[P+](C)(C3)C2. The molecule has 9 rings (SSSR count). The highest BCUT2D eigenvalue weighted by Crippen LogP contribution is 2.78. The van der Waals surface area contributed by atoms with E-state index in [2.05, 4.69) is 34.4 Å². The zero-order valence-electron chi connectivity index (χ0n) is 30.4. The number of carboxylic acids is 1. The number of hydrogen-bond donors (Lipinski definition) is 4. The number of carbonyl (C=O) groups is 2. The zero-order valence-corrected chi connectivity index (χ0v) is 32.1. The summed E-state index contributed by atoms with van der Waals surface area (Å²) in [5.74, 6) is -1.44. The van der Waals surface area contributed by atoms with E-state index in [4.69, 9.17) is 15.6 Å². The van der Waals surface area contributed by atoms with Crippen LogP contribution in [0.2, 0.25) is 0 Å². The van der Waals surface area contributed by atoms with E-state index < -0.39 is 13.2 Å². The molecule has 5 heterocycles. The highest BCUT2D eigenvalue weighted by atomic mass is 32.1. The fourth-order valence-corrected chi connectivity index (χ4v) is 17.3. The molecule has 4 atom stereocenters. The summed E-state index contributed by atoms with van der Waals surface area (Å²) in [6.45, 7) is 7.49. The molecule has 0 spiro atoms. The second kappa shape index (κ2) is 13.1. The van der Waals surface area contributed by atoms with Crippen LogP contribution in [0.5, 0.6) is 0 Å². The summed E-state index contributed by atoms with van der Waals surface area (Å²) in [5, 5.41) is 15.5. The maximum atomic E-state index is 13.5. The Morgan fingerprint density at radius 3 is 2.60 bits per heavy atom. The second-order valence-electron chi connectivity index (χ2n) is 16.0. The number of rotatable bonds is 10. The van der Waals surface area contributed by atoms with Crippen molar-refractivity contribution >= 4 is 67.9 Å². The molecule has 3 aromatic carbocycles. The minimum absolute atomic E-state index is 0.0435. The third-order valence-electron chi connectivity index (χ3n) is 11.2. The number of hydrogen-bond acceptors (Lipinski definition) is 9. The van der Waals surface area contributed by atoms with Crippen molar-refractivity contribution in [1.29, 1.82) is 0 Å². The number of aliphatic imine (C=N–C) groups is 1. The molecule has 0 radical (unpaired) electrons. The Hall–Kier alpha value is -4.54. The molecular formula is C41H44N6O4PS+. The number of nitrogens with two attached hydrogens (primary N) is 1. The van der Waals surface area contributed by atoms with E-state index >= 15 is 0 Å². The molecule has 272 valence electrons. The van der Waals surface area contributed by atoms with Crippen LogP contribution < -0.4 is 16.5 Å². The molecule has 4 bridgehead atoms. The Morgan fingerprint density at radius 2 is 1.85 bits per heavy atom. The van der Waals surface area contributed by atoms with E-state index in [0.717, 1.165) is 41.0 Å². The molecular weight excluding hydrogens is 704 g/mol. The van der Waals surface area contributed by atoms with Crippen molar-refractivity contribution in [2.45, 2.75) is 38.7 Å². The predicted molar refractivity (Wildman–Crippen MR) is 217 cm³/mol.